The molecule has 1 saturated heterocycles. The Morgan fingerprint density at radius 2 is 2.00 bits per heavy atom. The Kier molecular flexibility index (Phi) is 7.88. The van der Waals surface area contributed by atoms with Gasteiger partial charge in [-0.3, -0.25) is 14.5 Å². The number of hydrogen-bond donors (Lipinski definition) is 0. The number of likely N-dealkylation sites (tertiary alicyclic amines) is 1. The lowest BCUT2D eigenvalue weighted by atomic mass is 9.94. The fraction of sp³-hybridized carbons (Fsp3) is 0.600. The molecule has 1 fully saturated rings. The molecule has 3 rings (SSSR count). The quantitative estimate of drug-likeness (QED) is 0.540. The van der Waals surface area contributed by atoms with Gasteiger partial charge in [0.1, 0.15) is 11.5 Å². The van der Waals surface area contributed by atoms with E-state index in [0.717, 1.165) is 18.0 Å². The van der Waals surface area contributed by atoms with Crippen LogP contribution in [0.5, 0.6) is 0 Å². The van der Waals surface area contributed by atoms with Crippen LogP contribution in [0.25, 0.3) is 0 Å². The average Bonchev–Trinajstić information content (AvgIpc) is 3.13. The second-order valence-corrected chi connectivity index (χ2v) is 7.48. The lowest BCUT2D eigenvalue weighted by Crippen LogP contribution is -2.48. The fourth-order valence-electron chi connectivity index (χ4n) is 3.69. The molecule has 1 amide bonds. The van der Waals surface area contributed by atoms with Gasteiger partial charge in [-0.1, -0.05) is 12.1 Å². The molecular weight excluding hydrogens is 407 g/mol. The van der Waals surface area contributed by atoms with Crippen molar-refractivity contribution in [3.8, 4) is 0 Å². The number of benzene rings is 1. The summed E-state index contributed by atoms with van der Waals surface area (Å²) in [4.78, 5) is 32.0. The monoisotopic (exact) mass is 436 g/mol. The SMILES string of the molecule is CCn1nnn(CCN2CC[C@@H](CON(C(C)=O)c3ccccc3F)[C@H](OC)C2)c1=O. The van der Waals surface area contributed by atoms with E-state index >= 15 is 0 Å². The average molecular weight is 436 g/mol. The van der Waals surface area contributed by atoms with Gasteiger partial charge in [0.25, 0.3) is 0 Å². The van der Waals surface area contributed by atoms with E-state index in [-0.39, 0.29) is 30.0 Å². The van der Waals surface area contributed by atoms with Gasteiger partial charge in [-0.05, 0) is 42.4 Å². The molecule has 0 aliphatic carbocycles. The second-order valence-electron chi connectivity index (χ2n) is 7.48. The van der Waals surface area contributed by atoms with Crippen LogP contribution in [0.2, 0.25) is 0 Å². The topological polar surface area (TPSA) is 94.7 Å². The summed E-state index contributed by atoms with van der Waals surface area (Å²) < 4.78 is 22.4. The highest BCUT2D eigenvalue weighted by Gasteiger charge is 2.31. The van der Waals surface area contributed by atoms with Crippen molar-refractivity contribution in [1.29, 1.82) is 0 Å². The third-order valence-electron chi connectivity index (χ3n) is 5.48. The molecule has 0 saturated carbocycles. The summed E-state index contributed by atoms with van der Waals surface area (Å²) in [6, 6.07) is 6.00. The lowest BCUT2D eigenvalue weighted by Gasteiger charge is -2.38. The van der Waals surface area contributed by atoms with E-state index in [9.17, 15) is 14.0 Å². The Morgan fingerprint density at radius 1 is 1.26 bits per heavy atom. The number of piperidine rings is 1. The molecular formula is C20H29FN6O4. The molecule has 2 heterocycles. The number of methoxy groups -OCH3 is 1. The molecule has 0 unspecified atom stereocenters. The van der Waals surface area contributed by atoms with Crippen molar-refractivity contribution in [2.24, 2.45) is 5.92 Å². The van der Waals surface area contributed by atoms with Crippen LogP contribution in [0, 0.1) is 11.7 Å². The zero-order valence-corrected chi connectivity index (χ0v) is 18.1. The van der Waals surface area contributed by atoms with Crippen LogP contribution in [-0.2, 0) is 27.5 Å². The van der Waals surface area contributed by atoms with E-state index in [1.54, 1.807) is 19.2 Å². The molecule has 31 heavy (non-hydrogen) atoms. The standard InChI is InChI=1S/C20H29FN6O4/c1-4-25-20(29)26(23-22-25)12-11-24-10-9-16(19(13-24)30-3)14-31-27(15(2)28)18-8-6-5-7-17(18)21/h5-8,16,19H,4,9-14H2,1-3H3/t16-,19+/m0/s1. The molecule has 11 heteroatoms. The first-order chi connectivity index (χ1) is 14.9. The van der Waals surface area contributed by atoms with Gasteiger partial charge in [-0.25, -0.2) is 9.18 Å². The Balaban J connectivity index is 1.55. The van der Waals surface area contributed by atoms with Crippen molar-refractivity contribution >= 4 is 11.6 Å². The van der Waals surface area contributed by atoms with E-state index in [2.05, 4.69) is 15.3 Å². The number of anilines is 1. The van der Waals surface area contributed by atoms with Crippen molar-refractivity contribution < 1.29 is 18.8 Å². The van der Waals surface area contributed by atoms with Gasteiger partial charge in [-0.15, -0.1) is 0 Å². The number of aryl methyl sites for hydroxylation is 1. The van der Waals surface area contributed by atoms with Crippen LogP contribution < -0.4 is 10.8 Å². The maximum absolute atomic E-state index is 14.1. The molecule has 1 aromatic carbocycles. The van der Waals surface area contributed by atoms with Gasteiger partial charge in [0.15, 0.2) is 0 Å². The summed E-state index contributed by atoms with van der Waals surface area (Å²) in [6.07, 6.45) is 0.657. The summed E-state index contributed by atoms with van der Waals surface area (Å²) in [5, 5.41) is 8.72. The number of tetrazole rings is 1. The summed E-state index contributed by atoms with van der Waals surface area (Å²) >= 11 is 0. The zero-order chi connectivity index (χ0) is 22.4. The first-order valence-electron chi connectivity index (χ1n) is 10.4. The molecule has 0 spiro atoms. The van der Waals surface area contributed by atoms with Gasteiger partial charge in [0.05, 0.1) is 19.3 Å². The van der Waals surface area contributed by atoms with Crippen LogP contribution in [-0.4, -0.2) is 70.1 Å². The minimum absolute atomic E-state index is 0.0403. The van der Waals surface area contributed by atoms with Gasteiger partial charge in [0.2, 0.25) is 5.91 Å². The number of para-hydroxylation sites is 1. The molecule has 0 N–H and O–H groups in total. The van der Waals surface area contributed by atoms with Gasteiger partial charge >= 0.3 is 5.69 Å². The minimum atomic E-state index is -0.522. The maximum Gasteiger partial charge on any atom is 0.363 e. The van der Waals surface area contributed by atoms with Crippen molar-refractivity contribution in [2.75, 3.05) is 38.4 Å². The largest absolute Gasteiger partial charge is 0.380 e. The molecule has 1 aromatic heterocycles. The first kappa shape index (κ1) is 23.0. The molecule has 2 aromatic rings. The molecule has 170 valence electrons. The summed E-state index contributed by atoms with van der Waals surface area (Å²) in [5.74, 6) is -0.883. The number of aromatic nitrogens is 4. The number of carbonyl (C=O) groups excluding carboxylic acids is 1. The molecule has 1 aliphatic heterocycles. The maximum atomic E-state index is 14.1. The predicted octanol–water partition coefficient (Wildman–Crippen LogP) is 0.920. The molecule has 1 aliphatic rings. The number of carbonyl (C=O) groups is 1. The lowest BCUT2D eigenvalue weighted by molar-refractivity contribution is -0.126. The van der Waals surface area contributed by atoms with Gasteiger partial charge in [-0.2, -0.15) is 14.4 Å². The Hall–Kier alpha value is -2.63. The van der Waals surface area contributed by atoms with Gasteiger partial charge < -0.3 is 4.74 Å². The third kappa shape index (κ3) is 5.54. The van der Waals surface area contributed by atoms with Crippen molar-refractivity contribution in [3.63, 3.8) is 0 Å². The number of hydroxylamine groups is 1. The number of rotatable bonds is 9. The highest BCUT2D eigenvalue weighted by atomic mass is 19.1. The molecule has 2 atom stereocenters. The molecule has 0 radical (unpaired) electrons. The van der Waals surface area contributed by atoms with Crippen LogP contribution in [0.4, 0.5) is 10.1 Å². The normalized spacial score (nSPS) is 19.5. The van der Waals surface area contributed by atoms with Crippen molar-refractivity contribution in [2.45, 2.75) is 39.5 Å². The van der Waals surface area contributed by atoms with E-state index in [1.165, 1.54) is 28.4 Å². The highest BCUT2D eigenvalue weighted by molar-refractivity contribution is 5.89. The van der Waals surface area contributed by atoms with E-state index in [1.807, 2.05) is 6.92 Å². The first-order valence-corrected chi connectivity index (χ1v) is 10.4. The minimum Gasteiger partial charge on any atom is -0.380 e. The zero-order valence-electron chi connectivity index (χ0n) is 18.1. The fourth-order valence-corrected chi connectivity index (χ4v) is 3.69. The second kappa shape index (κ2) is 10.6. The Bertz CT molecular complexity index is 932. The third-order valence-corrected chi connectivity index (χ3v) is 5.48. The van der Waals surface area contributed by atoms with Crippen LogP contribution in [0.3, 0.4) is 0 Å². The number of hydrogen-bond acceptors (Lipinski definition) is 7. The molecule has 0 bridgehead atoms. The summed E-state index contributed by atoms with van der Waals surface area (Å²) in [7, 11) is 1.64. The number of ether oxygens (including phenoxy) is 1. The summed E-state index contributed by atoms with van der Waals surface area (Å²) in [6.45, 7) is 6.41. The Morgan fingerprint density at radius 3 is 2.65 bits per heavy atom. The van der Waals surface area contributed by atoms with Crippen LogP contribution >= 0.6 is 0 Å². The van der Waals surface area contributed by atoms with Crippen molar-refractivity contribution in [3.05, 3.63) is 40.6 Å². The number of nitrogens with zero attached hydrogens (tertiary/aromatic N) is 6. The highest BCUT2D eigenvalue weighted by Crippen LogP contribution is 2.24. The Labute approximate surface area is 180 Å². The van der Waals surface area contributed by atoms with Crippen LogP contribution in [0.1, 0.15) is 20.3 Å². The smallest absolute Gasteiger partial charge is 0.363 e. The number of amides is 1. The van der Waals surface area contributed by atoms with Gasteiger partial charge in [0, 0.05) is 39.6 Å². The predicted molar refractivity (Wildman–Crippen MR) is 111 cm³/mol. The molecule has 10 nitrogen and oxygen atoms in total. The van der Waals surface area contributed by atoms with E-state index in [0.29, 0.717) is 26.2 Å². The summed E-state index contributed by atoms with van der Waals surface area (Å²) in [5.41, 5.74) is -0.126. The number of halogens is 1. The van der Waals surface area contributed by atoms with Crippen molar-refractivity contribution in [1.82, 2.24) is 24.7 Å². The van der Waals surface area contributed by atoms with Crippen LogP contribution in [0.15, 0.2) is 29.1 Å². The van der Waals surface area contributed by atoms with E-state index < -0.39 is 11.7 Å². The van der Waals surface area contributed by atoms with E-state index in [4.69, 9.17) is 9.57 Å².